The first-order valence-electron chi connectivity index (χ1n) is 4.29. The summed E-state index contributed by atoms with van der Waals surface area (Å²) in [7, 11) is 2.08. The Morgan fingerprint density at radius 2 is 1.85 bits per heavy atom. The molecular weight excluding hydrogens is 195 g/mol. The number of piperazine rings is 1. The third-order valence-corrected chi connectivity index (χ3v) is 2.23. The third kappa shape index (κ3) is 6.17. The Bertz CT molecular complexity index is 158. The molecule has 0 saturated carbocycles. The van der Waals surface area contributed by atoms with Crippen LogP contribution in [0, 0.1) is 0 Å². The van der Waals surface area contributed by atoms with Crippen LogP contribution in [0.25, 0.3) is 0 Å². The molecule has 1 fully saturated rings. The van der Waals surface area contributed by atoms with E-state index >= 15 is 0 Å². The number of nitrogens with zero attached hydrogens (tertiary/aromatic N) is 2. The van der Waals surface area contributed by atoms with Crippen molar-refractivity contribution < 1.29 is 61.3 Å². The number of hydrogen-bond acceptors (Lipinski definition) is 4. The molecule has 0 aromatic rings. The molecule has 13 heavy (non-hydrogen) atoms. The van der Waals surface area contributed by atoms with Gasteiger partial charge in [-0.15, -0.1) is 0 Å². The number of carboxylic acid groups (broad SMARTS) is 1. The summed E-state index contributed by atoms with van der Waals surface area (Å²) in [6.45, 7) is 4.66. The predicted octanol–water partition coefficient (Wildman–Crippen LogP) is -4.62. The summed E-state index contributed by atoms with van der Waals surface area (Å²) in [5.74, 6) is -0.950. The Morgan fingerprint density at radius 1 is 1.31 bits per heavy atom. The Balaban J connectivity index is 0.00000144. The van der Waals surface area contributed by atoms with Gasteiger partial charge in [-0.25, -0.2) is 0 Å². The van der Waals surface area contributed by atoms with Gasteiger partial charge in [-0.05, 0) is 13.5 Å². The van der Waals surface area contributed by atoms with Crippen molar-refractivity contribution in [1.82, 2.24) is 9.80 Å². The van der Waals surface area contributed by atoms with Crippen LogP contribution in [-0.2, 0) is 4.79 Å². The minimum Gasteiger partial charge on any atom is -0.550 e. The molecule has 1 heterocycles. The molecule has 0 radical (unpaired) electrons. The fourth-order valence-corrected chi connectivity index (χ4v) is 1.32. The van der Waals surface area contributed by atoms with Crippen LogP contribution >= 0.6 is 0 Å². The van der Waals surface area contributed by atoms with Gasteiger partial charge in [-0.2, -0.15) is 0 Å². The van der Waals surface area contributed by atoms with Gasteiger partial charge in [-0.1, -0.05) is 0 Å². The summed E-state index contributed by atoms with van der Waals surface area (Å²) in [4.78, 5) is 14.6. The number of carbonyl (C=O) groups is 1. The molecule has 70 valence electrons. The van der Waals surface area contributed by atoms with Gasteiger partial charge in [0.05, 0.1) is 0 Å². The molecule has 5 heteroatoms. The zero-order valence-electron chi connectivity index (χ0n) is 8.45. The molecule has 0 aromatic carbocycles. The summed E-state index contributed by atoms with van der Waals surface area (Å²) in [5, 5.41) is 10.2. The maximum atomic E-state index is 10.2. The Morgan fingerprint density at radius 3 is 2.31 bits per heavy atom. The Hall–Kier alpha value is 1.03. The molecule has 0 aromatic heterocycles. The summed E-state index contributed by atoms with van der Waals surface area (Å²) in [6, 6.07) is 0. The van der Waals surface area contributed by atoms with Crippen LogP contribution in [0.1, 0.15) is 6.42 Å². The fraction of sp³-hybridized carbons (Fsp3) is 0.875. The summed E-state index contributed by atoms with van der Waals surface area (Å²) in [6.07, 6.45) is 0.156. The molecule has 1 saturated heterocycles. The van der Waals surface area contributed by atoms with Crippen molar-refractivity contribution in [3.8, 4) is 0 Å². The van der Waals surface area contributed by atoms with Crippen LogP contribution in [0.4, 0.5) is 0 Å². The quantitative estimate of drug-likeness (QED) is 0.440. The van der Waals surface area contributed by atoms with E-state index in [2.05, 4.69) is 16.8 Å². The van der Waals surface area contributed by atoms with Gasteiger partial charge in [0, 0.05) is 38.7 Å². The standard InChI is InChI=1S/C8H16N2O2.K/c1-9-4-6-10(7-5-9)3-2-8(11)12;/h2-7H2,1H3,(H,11,12);/q;+1/p-1. The second-order valence-corrected chi connectivity index (χ2v) is 3.27. The van der Waals surface area contributed by atoms with Gasteiger partial charge >= 0.3 is 51.4 Å². The van der Waals surface area contributed by atoms with Crippen molar-refractivity contribution >= 4 is 5.97 Å². The maximum Gasteiger partial charge on any atom is 1.00 e. The van der Waals surface area contributed by atoms with Crippen molar-refractivity contribution in [2.75, 3.05) is 39.8 Å². The first-order chi connectivity index (χ1) is 5.68. The number of hydrogen-bond donors (Lipinski definition) is 0. The second-order valence-electron chi connectivity index (χ2n) is 3.27. The van der Waals surface area contributed by atoms with Crippen molar-refractivity contribution in [2.45, 2.75) is 6.42 Å². The van der Waals surface area contributed by atoms with Gasteiger partial charge in [0.15, 0.2) is 0 Å². The van der Waals surface area contributed by atoms with Crippen molar-refractivity contribution in [3.05, 3.63) is 0 Å². The molecule has 0 bridgehead atoms. The summed E-state index contributed by atoms with van der Waals surface area (Å²) < 4.78 is 0. The number of likely N-dealkylation sites (N-methyl/N-ethyl adjacent to an activating group) is 1. The van der Waals surface area contributed by atoms with E-state index in [-0.39, 0.29) is 57.8 Å². The fourth-order valence-electron chi connectivity index (χ4n) is 1.32. The number of rotatable bonds is 3. The van der Waals surface area contributed by atoms with Crippen molar-refractivity contribution in [1.29, 1.82) is 0 Å². The zero-order chi connectivity index (χ0) is 8.97. The summed E-state index contributed by atoms with van der Waals surface area (Å²) >= 11 is 0. The average molecular weight is 210 g/mol. The van der Waals surface area contributed by atoms with Crippen LogP contribution in [0.3, 0.4) is 0 Å². The summed E-state index contributed by atoms with van der Waals surface area (Å²) in [5.41, 5.74) is 0. The van der Waals surface area contributed by atoms with E-state index in [1.807, 2.05) is 0 Å². The molecule has 4 nitrogen and oxygen atoms in total. The zero-order valence-corrected chi connectivity index (χ0v) is 11.6. The Kier molecular flexibility index (Phi) is 7.91. The number of aliphatic carboxylic acids is 1. The monoisotopic (exact) mass is 210 g/mol. The third-order valence-electron chi connectivity index (χ3n) is 2.23. The first-order valence-corrected chi connectivity index (χ1v) is 4.29. The molecular formula is C8H15KN2O2. The molecule has 0 aliphatic carbocycles. The van der Waals surface area contributed by atoms with Crippen LogP contribution in [0.2, 0.25) is 0 Å². The molecule has 1 rings (SSSR count). The molecule has 1 aliphatic rings. The largest absolute Gasteiger partial charge is 1.00 e. The topological polar surface area (TPSA) is 46.6 Å². The predicted molar refractivity (Wildman–Crippen MR) is 43.6 cm³/mol. The van der Waals surface area contributed by atoms with Gasteiger partial charge in [0.2, 0.25) is 0 Å². The van der Waals surface area contributed by atoms with E-state index in [4.69, 9.17) is 0 Å². The van der Waals surface area contributed by atoms with Crippen LogP contribution in [0.15, 0.2) is 0 Å². The molecule has 0 spiro atoms. The van der Waals surface area contributed by atoms with Crippen LogP contribution < -0.4 is 56.5 Å². The Labute approximate surface area is 122 Å². The second kappa shape index (κ2) is 7.34. The van der Waals surface area contributed by atoms with E-state index < -0.39 is 5.97 Å². The van der Waals surface area contributed by atoms with Gasteiger partial charge < -0.3 is 19.7 Å². The SMILES string of the molecule is CN1CCN(CCC(=O)[O-])CC1.[K+]. The molecule has 1 aliphatic heterocycles. The maximum absolute atomic E-state index is 10.2. The van der Waals surface area contributed by atoms with E-state index in [1.165, 1.54) is 0 Å². The van der Waals surface area contributed by atoms with E-state index in [0.717, 1.165) is 26.2 Å². The van der Waals surface area contributed by atoms with E-state index in [1.54, 1.807) is 0 Å². The van der Waals surface area contributed by atoms with Crippen molar-refractivity contribution in [2.24, 2.45) is 0 Å². The van der Waals surface area contributed by atoms with Gasteiger partial charge in [-0.3, -0.25) is 0 Å². The van der Waals surface area contributed by atoms with Gasteiger partial charge in [0.25, 0.3) is 0 Å². The van der Waals surface area contributed by atoms with E-state index in [0.29, 0.717) is 6.54 Å². The molecule has 0 atom stereocenters. The minimum absolute atomic E-state index is 0. The molecule has 0 amide bonds. The molecule has 0 unspecified atom stereocenters. The minimum atomic E-state index is -0.950. The molecule has 0 N–H and O–H groups in total. The normalized spacial score (nSPS) is 19.5. The van der Waals surface area contributed by atoms with Crippen LogP contribution in [-0.4, -0.2) is 55.5 Å². The van der Waals surface area contributed by atoms with Crippen molar-refractivity contribution in [3.63, 3.8) is 0 Å². The van der Waals surface area contributed by atoms with E-state index in [9.17, 15) is 9.90 Å². The van der Waals surface area contributed by atoms with Crippen LogP contribution in [0.5, 0.6) is 0 Å². The number of carbonyl (C=O) groups excluding carboxylic acids is 1. The average Bonchev–Trinajstić information content (AvgIpc) is 2.03. The first kappa shape index (κ1) is 14.0. The van der Waals surface area contributed by atoms with Gasteiger partial charge in [0.1, 0.15) is 0 Å². The smallest absolute Gasteiger partial charge is 0.550 e. The number of carboxylic acids is 1.